The summed E-state index contributed by atoms with van der Waals surface area (Å²) in [7, 11) is -3.96. The van der Waals surface area contributed by atoms with Crippen LogP contribution < -0.4 is 27.0 Å². The van der Waals surface area contributed by atoms with Crippen LogP contribution in [0.15, 0.2) is 33.6 Å². The number of benzene rings is 1. The minimum Gasteiger partial charge on any atom is -0.369 e. The molecule has 0 atom stereocenters. The monoisotopic (exact) mass is 444 g/mol. The molecule has 28 heavy (non-hydrogen) atoms. The SMILES string of the molecule is CCCCNC(=S)NC(N)=NS(=O)(=O)c1ccc(NC(=S)NCCCC)cc1. The maximum Gasteiger partial charge on any atom is 0.285 e. The van der Waals surface area contributed by atoms with Gasteiger partial charge >= 0.3 is 0 Å². The zero-order chi connectivity index (χ0) is 21.0. The predicted octanol–water partition coefficient (Wildman–Crippen LogP) is 2.04. The molecule has 0 aliphatic heterocycles. The topological polar surface area (TPSA) is 121 Å². The molecule has 0 heterocycles. The van der Waals surface area contributed by atoms with E-state index < -0.39 is 10.0 Å². The lowest BCUT2D eigenvalue weighted by Gasteiger charge is -2.11. The maximum absolute atomic E-state index is 12.4. The van der Waals surface area contributed by atoms with E-state index in [1.54, 1.807) is 12.1 Å². The predicted molar refractivity (Wildman–Crippen MR) is 123 cm³/mol. The Bertz CT molecular complexity index is 779. The first kappa shape index (κ1) is 24.1. The third-order valence-corrected chi connectivity index (χ3v) is 5.30. The van der Waals surface area contributed by atoms with Crippen molar-refractivity contribution in [1.82, 2.24) is 16.0 Å². The van der Waals surface area contributed by atoms with Gasteiger partial charge in [-0.25, -0.2) is 0 Å². The Morgan fingerprint density at radius 3 is 2.07 bits per heavy atom. The number of sulfonamides is 1. The van der Waals surface area contributed by atoms with Crippen LogP contribution in [0.5, 0.6) is 0 Å². The van der Waals surface area contributed by atoms with E-state index in [1.807, 2.05) is 0 Å². The van der Waals surface area contributed by atoms with Crippen molar-refractivity contribution >= 4 is 56.3 Å². The summed E-state index contributed by atoms with van der Waals surface area (Å²) in [5.41, 5.74) is 6.32. The largest absolute Gasteiger partial charge is 0.369 e. The standard InChI is InChI=1S/C17H28N6O2S3/c1-3-5-11-19-16(26)21-13-7-9-14(10-8-13)28(24,25)23-15(18)22-17(27)20-12-6-4-2/h7-10H,3-6,11-12H2,1-2H3,(H2,19,21,26)(H4,18,20,22,23,27). The van der Waals surface area contributed by atoms with Crippen molar-refractivity contribution < 1.29 is 8.42 Å². The van der Waals surface area contributed by atoms with E-state index >= 15 is 0 Å². The highest BCUT2D eigenvalue weighted by molar-refractivity contribution is 7.90. The van der Waals surface area contributed by atoms with E-state index in [0.717, 1.165) is 32.2 Å². The molecule has 0 bridgehead atoms. The minimum atomic E-state index is -3.96. The Labute approximate surface area is 177 Å². The van der Waals surface area contributed by atoms with Crippen LogP contribution in [-0.4, -0.2) is 37.7 Å². The zero-order valence-electron chi connectivity index (χ0n) is 16.1. The molecule has 0 aromatic heterocycles. The molecular formula is C17H28N6O2S3. The molecule has 8 nitrogen and oxygen atoms in total. The molecule has 0 saturated carbocycles. The Morgan fingerprint density at radius 2 is 1.54 bits per heavy atom. The number of unbranched alkanes of at least 4 members (excludes halogenated alkanes) is 2. The molecule has 0 aliphatic rings. The summed E-state index contributed by atoms with van der Waals surface area (Å²) in [6.45, 7) is 5.60. The number of guanidine groups is 1. The number of nitrogens with one attached hydrogen (secondary N) is 4. The van der Waals surface area contributed by atoms with Gasteiger partial charge in [0.25, 0.3) is 10.0 Å². The first-order chi connectivity index (χ1) is 13.3. The van der Waals surface area contributed by atoms with Crippen LogP contribution in [0.1, 0.15) is 39.5 Å². The third-order valence-electron chi connectivity index (χ3n) is 3.50. The van der Waals surface area contributed by atoms with Gasteiger partial charge in [-0.15, -0.1) is 4.40 Å². The number of rotatable bonds is 9. The van der Waals surface area contributed by atoms with E-state index in [9.17, 15) is 8.42 Å². The van der Waals surface area contributed by atoms with Gasteiger partial charge < -0.3 is 27.0 Å². The first-order valence-corrected chi connectivity index (χ1v) is 11.3. The van der Waals surface area contributed by atoms with Gasteiger partial charge in [-0.05, 0) is 61.5 Å². The van der Waals surface area contributed by atoms with Gasteiger partial charge in [0.1, 0.15) is 0 Å². The first-order valence-electron chi connectivity index (χ1n) is 9.08. The molecule has 0 amide bonds. The van der Waals surface area contributed by atoms with Crippen LogP contribution >= 0.6 is 24.4 Å². The van der Waals surface area contributed by atoms with Gasteiger partial charge in [-0.1, -0.05) is 26.7 Å². The van der Waals surface area contributed by atoms with E-state index in [0.29, 0.717) is 17.3 Å². The van der Waals surface area contributed by atoms with Crippen molar-refractivity contribution in [3.63, 3.8) is 0 Å². The second-order valence-corrected chi connectivity index (χ2v) is 8.37. The normalized spacial score (nSPS) is 11.6. The average molecular weight is 445 g/mol. The lowest BCUT2D eigenvalue weighted by molar-refractivity contribution is 0.598. The molecule has 11 heteroatoms. The highest BCUT2D eigenvalue weighted by Crippen LogP contribution is 2.16. The minimum absolute atomic E-state index is 0.0116. The Kier molecular flexibility index (Phi) is 10.7. The van der Waals surface area contributed by atoms with Crippen molar-refractivity contribution in [3.8, 4) is 0 Å². The fourth-order valence-corrected chi connectivity index (χ4v) is 3.33. The second kappa shape index (κ2) is 12.5. The lowest BCUT2D eigenvalue weighted by atomic mass is 10.3. The summed E-state index contributed by atoms with van der Waals surface area (Å²) >= 11 is 10.2. The van der Waals surface area contributed by atoms with Gasteiger partial charge in [-0.2, -0.15) is 8.42 Å². The van der Waals surface area contributed by atoms with Crippen LogP contribution in [0.2, 0.25) is 0 Å². The molecule has 0 aliphatic carbocycles. The lowest BCUT2D eigenvalue weighted by Crippen LogP contribution is -2.43. The molecule has 0 unspecified atom stereocenters. The van der Waals surface area contributed by atoms with Gasteiger partial charge in [-0.3, -0.25) is 0 Å². The molecule has 0 fully saturated rings. The van der Waals surface area contributed by atoms with Crippen molar-refractivity contribution in [2.75, 3.05) is 18.4 Å². The number of hydrogen-bond donors (Lipinski definition) is 5. The average Bonchev–Trinajstić information content (AvgIpc) is 2.62. The molecule has 0 spiro atoms. The van der Waals surface area contributed by atoms with Gasteiger partial charge in [0.2, 0.25) is 5.96 Å². The molecule has 0 radical (unpaired) electrons. The quantitative estimate of drug-likeness (QED) is 0.169. The van der Waals surface area contributed by atoms with Crippen LogP contribution in [0.25, 0.3) is 0 Å². The van der Waals surface area contributed by atoms with Crippen LogP contribution in [0.3, 0.4) is 0 Å². The molecule has 1 rings (SSSR count). The molecular weight excluding hydrogens is 416 g/mol. The molecule has 1 aromatic carbocycles. The molecule has 1 aromatic rings. The summed E-state index contributed by atoms with van der Waals surface area (Å²) in [6.07, 6.45) is 4.04. The highest BCUT2D eigenvalue weighted by Gasteiger charge is 2.14. The third kappa shape index (κ3) is 9.29. The molecule has 0 saturated heterocycles. The van der Waals surface area contributed by atoms with Crippen molar-refractivity contribution in [2.45, 2.75) is 44.4 Å². The van der Waals surface area contributed by atoms with Crippen molar-refractivity contribution in [2.24, 2.45) is 10.1 Å². The summed E-state index contributed by atoms with van der Waals surface area (Å²) in [5.74, 6) is -0.294. The van der Waals surface area contributed by atoms with Crippen LogP contribution in [0, 0.1) is 0 Å². The number of thiocarbonyl (C=S) groups is 2. The second-order valence-electron chi connectivity index (χ2n) is 5.94. The molecule has 156 valence electrons. The highest BCUT2D eigenvalue weighted by atomic mass is 32.2. The van der Waals surface area contributed by atoms with E-state index in [1.165, 1.54) is 12.1 Å². The number of hydrogen-bond acceptors (Lipinski definition) is 4. The van der Waals surface area contributed by atoms with Crippen molar-refractivity contribution in [1.29, 1.82) is 0 Å². The van der Waals surface area contributed by atoms with E-state index in [-0.39, 0.29) is 16.0 Å². The Balaban J connectivity index is 2.67. The van der Waals surface area contributed by atoms with Crippen LogP contribution in [-0.2, 0) is 10.0 Å². The summed E-state index contributed by atoms with van der Waals surface area (Å²) < 4.78 is 28.3. The van der Waals surface area contributed by atoms with Gasteiger partial charge in [0.05, 0.1) is 4.90 Å². The number of nitrogens with two attached hydrogens (primary N) is 1. The molecule has 6 N–H and O–H groups in total. The Hall–Kier alpha value is -1.98. The fraction of sp³-hybridized carbons (Fsp3) is 0.471. The van der Waals surface area contributed by atoms with Crippen LogP contribution in [0.4, 0.5) is 5.69 Å². The zero-order valence-corrected chi connectivity index (χ0v) is 18.6. The smallest absolute Gasteiger partial charge is 0.285 e. The number of anilines is 1. The van der Waals surface area contributed by atoms with E-state index in [4.69, 9.17) is 30.2 Å². The fourth-order valence-electron chi connectivity index (χ4n) is 2.01. The summed E-state index contributed by atoms with van der Waals surface area (Å²) in [5, 5.41) is 12.3. The Morgan fingerprint density at radius 1 is 1.00 bits per heavy atom. The summed E-state index contributed by atoms with van der Waals surface area (Å²) in [4.78, 5) is 0.0116. The number of nitrogens with zero attached hydrogens (tertiary/aromatic N) is 1. The van der Waals surface area contributed by atoms with Gasteiger partial charge in [0, 0.05) is 18.8 Å². The maximum atomic E-state index is 12.4. The van der Waals surface area contributed by atoms with Gasteiger partial charge in [0.15, 0.2) is 10.2 Å². The van der Waals surface area contributed by atoms with Crippen molar-refractivity contribution in [3.05, 3.63) is 24.3 Å². The van der Waals surface area contributed by atoms with E-state index in [2.05, 4.69) is 39.5 Å². The summed E-state index contributed by atoms with van der Waals surface area (Å²) in [6, 6.07) is 6.08.